The average Bonchev–Trinajstić information content (AvgIpc) is 3.01. The van der Waals surface area contributed by atoms with Crippen LogP contribution in [-0.2, 0) is 13.0 Å². The van der Waals surface area contributed by atoms with E-state index in [9.17, 15) is 4.79 Å². The number of aromatic nitrogens is 2. The van der Waals surface area contributed by atoms with Crippen LogP contribution < -0.4 is 0 Å². The molecule has 0 fully saturated rings. The summed E-state index contributed by atoms with van der Waals surface area (Å²) in [6.07, 6.45) is 1.84. The molecular weight excluding hydrogens is 252 g/mol. The largest absolute Gasteiger partial charge is 0.469 e. The van der Waals surface area contributed by atoms with Crippen LogP contribution in [0.25, 0.3) is 11.0 Å². The van der Waals surface area contributed by atoms with E-state index >= 15 is 0 Å². The van der Waals surface area contributed by atoms with E-state index in [0.717, 1.165) is 23.4 Å². The van der Waals surface area contributed by atoms with E-state index in [2.05, 4.69) is 16.5 Å². The molecule has 0 radical (unpaired) electrons. The van der Waals surface area contributed by atoms with Gasteiger partial charge in [-0.2, -0.15) is 0 Å². The molecule has 4 nitrogen and oxygen atoms in total. The second-order valence-corrected chi connectivity index (χ2v) is 4.75. The fourth-order valence-electron chi connectivity index (χ4n) is 2.53. The molecule has 0 atom stereocenters. The van der Waals surface area contributed by atoms with Gasteiger partial charge in [-0.15, -0.1) is 0 Å². The van der Waals surface area contributed by atoms with Crippen LogP contribution in [-0.4, -0.2) is 15.3 Å². The summed E-state index contributed by atoms with van der Waals surface area (Å²) in [4.78, 5) is 16.9. The van der Waals surface area contributed by atoms with Gasteiger partial charge < -0.3 is 8.98 Å². The van der Waals surface area contributed by atoms with Crippen molar-refractivity contribution in [2.75, 3.05) is 0 Å². The Morgan fingerprint density at radius 1 is 1.30 bits per heavy atom. The number of furan rings is 1. The Labute approximate surface area is 117 Å². The number of benzene rings is 1. The topological polar surface area (TPSA) is 48.0 Å². The van der Waals surface area contributed by atoms with Gasteiger partial charge in [0, 0.05) is 6.54 Å². The molecule has 2 heterocycles. The van der Waals surface area contributed by atoms with Gasteiger partial charge in [0.2, 0.25) is 0 Å². The monoisotopic (exact) mass is 268 g/mol. The lowest BCUT2D eigenvalue weighted by atomic mass is 10.1. The summed E-state index contributed by atoms with van der Waals surface area (Å²) in [7, 11) is 0. The molecule has 0 aliphatic carbocycles. The Kier molecular flexibility index (Phi) is 3.14. The fraction of sp³-hybridized carbons (Fsp3) is 0.250. The van der Waals surface area contributed by atoms with E-state index in [1.165, 1.54) is 0 Å². The second kappa shape index (κ2) is 4.96. The number of hydrogen-bond donors (Lipinski definition) is 0. The molecule has 0 N–H and O–H groups in total. The molecule has 1 aromatic carbocycles. The maximum atomic E-state index is 12.3. The first-order valence-corrected chi connectivity index (χ1v) is 6.72. The van der Waals surface area contributed by atoms with Crippen molar-refractivity contribution in [3.05, 3.63) is 53.7 Å². The van der Waals surface area contributed by atoms with E-state index in [4.69, 9.17) is 4.42 Å². The highest BCUT2D eigenvalue weighted by atomic mass is 16.3. The average molecular weight is 268 g/mol. The highest BCUT2D eigenvalue weighted by molar-refractivity contribution is 5.98. The number of ketones is 1. The first-order chi connectivity index (χ1) is 9.70. The zero-order valence-corrected chi connectivity index (χ0v) is 11.6. The summed E-state index contributed by atoms with van der Waals surface area (Å²) >= 11 is 0. The Bertz CT molecular complexity index is 768. The molecule has 3 rings (SSSR count). The molecular formula is C16H16N2O2. The van der Waals surface area contributed by atoms with Crippen molar-refractivity contribution in [3.8, 4) is 0 Å². The number of hydrogen-bond acceptors (Lipinski definition) is 3. The molecule has 4 heteroatoms. The van der Waals surface area contributed by atoms with Crippen LogP contribution in [0.4, 0.5) is 0 Å². The minimum Gasteiger partial charge on any atom is -0.469 e. The molecule has 20 heavy (non-hydrogen) atoms. The van der Waals surface area contributed by atoms with E-state index in [1.54, 1.807) is 19.3 Å². The maximum Gasteiger partial charge on any atom is 0.173 e. The van der Waals surface area contributed by atoms with Crippen LogP contribution in [0.3, 0.4) is 0 Å². The Morgan fingerprint density at radius 3 is 2.80 bits per heavy atom. The molecule has 102 valence electrons. The number of carbonyl (C=O) groups is 1. The van der Waals surface area contributed by atoms with Gasteiger partial charge in [-0.3, -0.25) is 4.79 Å². The summed E-state index contributed by atoms with van der Waals surface area (Å²) in [5.41, 5.74) is 2.64. The normalized spacial score (nSPS) is 11.1. The van der Waals surface area contributed by atoms with Gasteiger partial charge in [0.1, 0.15) is 11.6 Å². The summed E-state index contributed by atoms with van der Waals surface area (Å²) < 4.78 is 7.28. The van der Waals surface area contributed by atoms with Crippen molar-refractivity contribution >= 4 is 16.8 Å². The van der Waals surface area contributed by atoms with Crippen molar-refractivity contribution in [3.63, 3.8) is 0 Å². The number of nitrogens with zero attached hydrogens (tertiary/aromatic N) is 2. The smallest absolute Gasteiger partial charge is 0.173 e. The minimum atomic E-state index is 0.0428. The van der Waals surface area contributed by atoms with Gasteiger partial charge >= 0.3 is 0 Å². The molecule has 0 aliphatic heterocycles. The third-order valence-electron chi connectivity index (χ3n) is 3.53. The number of Topliss-reactive ketones (excluding diaryl/α,β-unsaturated/α-hetero) is 1. The number of rotatable bonds is 4. The molecule has 0 unspecified atom stereocenters. The van der Waals surface area contributed by atoms with Crippen molar-refractivity contribution < 1.29 is 9.21 Å². The maximum absolute atomic E-state index is 12.3. The molecule has 0 saturated carbocycles. The highest BCUT2D eigenvalue weighted by Gasteiger charge is 2.16. The lowest BCUT2D eigenvalue weighted by Crippen LogP contribution is -2.10. The first kappa shape index (κ1) is 12.7. The van der Waals surface area contributed by atoms with E-state index < -0.39 is 0 Å². The predicted molar refractivity (Wildman–Crippen MR) is 76.9 cm³/mol. The van der Waals surface area contributed by atoms with E-state index in [0.29, 0.717) is 17.7 Å². The van der Waals surface area contributed by atoms with Gasteiger partial charge in [0.05, 0.1) is 29.3 Å². The number of fused-ring (bicyclic) bond motifs is 1. The Morgan fingerprint density at radius 2 is 2.10 bits per heavy atom. The quantitative estimate of drug-likeness (QED) is 0.681. The van der Waals surface area contributed by atoms with E-state index in [1.807, 2.05) is 24.3 Å². The zero-order valence-electron chi connectivity index (χ0n) is 11.6. The standard InChI is InChI=1S/C16H16N2O2/c1-3-18-14-7-5-4-6-13(14)17-16(18)10-15(19)12-8-9-20-11(12)2/h4-9H,3,10H2,1-2H3. The molecule has 0 aliphatic rings. The number of imidazole rings is 1. The van der Waals surface area contributed by atoms with Crippen molar-refractivity contribution in [1.29, 1.82) is 0 Å². The number of carbonyl (C=O) groups excluding carboxylic acids is 1. The zero-order chi connectivity index (χ0) is 14.1. The molecule has 0 saturated heterocycles. The van der Waals surface area contributed by atoms with Crippen LogP contribution in [0.15, 0.2) is 41.0 Å². The minimum absolute atomic E-state index is 0.0428. The molecule has 2 aromatic heterocycles. The van der Waals surface area contributed by atoms with Gasteiger partial charge in [0.25, 0.3) is 0 Å². The van der Waals surface area contributed by atoms with Gasteiger partial charge in [-0.1, -0.05) is 12.1 Å². The first-order valence-electron chi connectivity index (χ1n) is 6.72. The summed E-state index contributed by atoms with van der Waals surface area (Å²) in [5.74, 6) is 1.51. The SMILES string of the molecule is CCn1c(CC(=O)c2ccoc2C)nc2ccccc21. The third kappa shape index (κ3) is 2.03. The lowest BCUT2D eigenvalue weighted by Gasteiger charge is -2.05. The highest BCUT2D eigenvalue weighted by Crippen LogP contribution is 2.18. The van der Waals surface area contributed by atoms with Crippen LogP contribution in [0.2, 0.25) is 0 Å². The summed E-state index contributed by atoms with van der Waals surface area (Å²) in [5, 5.41) is 0. The van der Waals surface area contributed by atoms with Crippen molar-refractivity contribution in [2.45, 2.75) is 26.8 Å². The molecule has 3 aromatic rings. The summed E-state index contributed by atoms with van der Waals surface area (Å²) in [6, 6.07) is 9.67. The van der Waals surface area contributed by atoms with Crippen LogP contribution in [0, 0.1) is 6.92 Å². The molecule has 0 amide bonds. The van der Waals surface area contributed by atoms with Crippen molar-refractivity contribution in [1.82, 2.24) is 9.55 Å². The van der Waals surface area contributed by atoms with Gasteiger partial charge in [-0.25, -0.2) is 4.98 Å². The number of aryl methyl sites for hydroxylation is 2. The fourth-order valence-corrected chi connectivity index (χ4v) is 2.53. The molecule has 0 spiro atoms. The lowest BCUT2D eigenvalue weighted by molar-refractivity contribution is 0.0988. The molecule has 0 bridgehead atoms. The Balaban J connectivity index is 1.99. The van der Waals surface area contributed by atoms with Gasteiger partial charge in [0.15, 0.2) is 5.78 Å². The van der Waals surface area contributed by atoms with E-state index in [-0.39, 0.29) is 5.78 Å². The Hall–Kier alpha value is -2.36. The second-order valence-electron chi connectivity index (χ2n) is 4.75. The van der Waals surface area contributed by atoms with Crippen molar-refractivity contribution in [2.24, 2.45) is 0 Å². The predicted octanol–water partition coefficient (Wildman–Crippen LogP) is 3.38. The van der Waals surface area contributed by atoms with Crippen LogP contribution in [0.1, 0.15) is 28.9 Å². The third-order valence-corrected chi connectivity index (χ3v) is 3.53. The van der Waals surface area contributed by atoms with Gasteiger partial charge in [-0.05, 0) is 32.0 Å². The van der Waals surface area contributed by atoms with Crippen LogP contribution in [0.5, 0.6) is 0 Å². The summed E-state index contributed by atoms with van der Waals surface area (Å²) in [6.45, 7) is 4.66. The van der Waals surface area contributed by atoms with Crippen LogP contribution >= 0.6 is 0 Å². The number of para-hydroxylation sites is 2.